The molecule has 0 bridgehead atoms. The predicted octanol–water partition coefficient (Wildman–Crippen LogP) is 4.62. The average molecular weight is 431 g/mol. The maximum Gasteiger partial charge on any atom is 0.124 e. The van der Waals surface area contributed by atoms with Gasteiger partial charge in [-0.25, -0.2) is 0 Å². The molecule has 1 aliphatic heterocycles. The van der Waals surface area contributed by atoms with Crippen LogP contribution in [0.4, 0.5) is 0 Å². The number of likely N-dealkylation sites (tertiary alicyclic amines) is 1. The number of piperidine rings is 1. The molecule has 0 spiro atoms. The second-order valence-electron chi connectivity index (χ2n) is 8.42. The normalized spacial score (nSPS) is 17.4. The highest BCUT2D eigenvalue weighted by molar-refractivity contribution is 6.30. The molecular weight excluding hydrogens is 396 g/mol. The molecule has 1 aliphatic rings. The van der Waals surface area contributed by atoms with Crippen LogP contribution in [0.3, 0.4) is 0 Å². The molecule has 0 amide bonds. The van der Waals surface area contributed by atoms with Crippen LogP contribution < -0.4 is 4.74 Å². The summed E-state index contributed by atoms with van der Waals surface area (Å²) in [5, 5.41) is 10.4. The Morgan fingerprint density at radius 2 is 1.93 bits per heavy atom. The third kappa shape index (κ3) is 6.98. The van der Waals surface area contributed by atoms with Crippen LogP contribution in [-0.2, 0) is 19.6 Å². The number of benzene rings is 2. The molecule has 1 unspecified atom stereocenters. The second-order valence-corrected chi connectivity index (χ2v) is 8.85. The van der Waals surface area contributed by atoms with E-state index in [1.807, 2.05) is 25.1 Å². The molecule has 0 radical (unpaired) electrons. The number of rotatable bonds is 10. The van der Waals surface area contributed by atoms with Crippen molar-refractivity contribution in [1.29, 1.82) is 0 Å². The molecule has 2 aromatic rings. The molecular formula is C25H35ClN2O2. The Balaban J connectivity index is 1.47. The fourth-order valence-electron chi connectivity index (χ4n) is 4.41. The standard InChI is InChI=1S/C25H35ClN2O2/c1-3-30-25-11-8-21(15-23(25)19-29)16-27(2)17-22-5-4-13-28(18-22)14-12-20-6-9-24(26)10-7-20/h6-11,15,22,29H,3-5,12-14,16-19H2,1-2H3. The van der Waals surface area contributed by atoms with E-state index in [-0.39, 0.29) is 6.61 Å². The van der Waals surface area contributed by atoms with Crippen LogP contribution in [0.5, 0.6) is 5.75 Å². The Morgan fingerprint density at radius 3 is 2.67 bits per heavy atom. The third-order valence-corrected chi connectivity index (χ3v) is 6.10. The Bertz CT molecular complexity index is 781. The molecule has 1 fully saturated rings. The van der Waals surface area contributed by atoms with Gasteiger partial charge in [-0.05, 0) is 81.1 Å². The third-order valence-electron chi connectivity index (χ3n) is 5.85. The topological polar surface area (TPSA) is 35.9 Å². The summed E-state index contributed by atoms with van der Waals surface area (Å²) < 4.78 is 5.60. The molecule has 0 aromatic heterocycles. The predicted molar refractivity (Wildman–Crippen MR) is 124 cm³/mol. The molecule has 1 saturated heterocycles. The zero-order valence-corrected chi connectivity index (χ0v) is 19.1. The summed E-state index contributed by atoms with van der Waals surface area (Å²) >= 11 is 5.99. The van der Waals surface area contributed by atoms with E-state index in [1.54, 1.807) is 0 Å². The van der Waals surface area contributed by atoms with Gasteiger partial charge < -0.3 is 19.6 Å². The van der Waals surface area contributed by atoms with Crippen LogP contribution in [0.2, 0.25) is 5.02 Å². The summed E-state index contributed by atoms with van der Waals surface area (Å²) in [6.07, 6.45) is 3.65. The largest absolute Gasteiger partial charge is 0.494 e. The minimum atomic E-state index is 0.0120. The first kappa shape index (κ1) is 23.1. The summed E-state index contributed by atoms with van der Waals surface area (Å²) in [6, 6.07) is 14.4. The van der Waals surface area contributed by atoms with Crippen LogP contribution in [0.15, 0.2) is 42.5 Å². The number of hydrogen-bond acceptors (Lipinski definition) is 4. The number of ether oxygens (including phenoxy) is 1. The van der Waals surface area contributed by atoms with E-state index in [4.69, 9.17) is 16.3 Å². The first-order valence-corrected chi connectivity index (χ1v) is 11.5. The van der Waals surface area contributed by atoms with Crippen LogP contribution in [-0.4, -0.2) is 54.7 Å². The molecule has 1 atom stereocenters. The lowest BCUT2D eigenvalue weighted by Gasteiger charge is -2.35. The molecule has 1 N–H and O–H groups in total. The average Bonchev–Trinajstić information content (AvgIpc) is 2.75. The Labute approximate surface area is 186 Å². The molecule has 4 nitrogen and oxygen atoms in total. The van der Waals surface area contributed by atoms with Crippen molar-refractivity contribution in [3.8, 4) is 5.75 Å². The molecule has 2 aromatic carbocycles. The van der Waals surface area contributed by atoms with Gasteiger partial charge in [0.1, 0.15) is 5.75 Å². The van der Waals surface area contributed by atoms with Crippen molar-refractivity contribution in [2.24, 2.45) is 5.92 Å². The SMILES string of the molecule is CCOc1ccc(CN(C)CC2CCCN(CCc3ccc(Cl)cc3)C2)cc1CO. The minimum absolute atomic E-state index is 0.0120. The number of hydrogen-bond donors (Lipinski definition) is 1. The van der Waals surface area contributed by atoms with Crippen molar-refractivity contribution >= 4 is 11.6 Å². The van der Waals surface area contributed by atoms with Gasteiger partial charge in [-0.3, -0.25) is 0 Å². The first-order valence-electron chi connectivity index (χ1n) is 11.1. The number of aliphatic hydroxyl groups excluding tert-OH is 1. The molecule has 0 saturated carbocycles. The second kappa shape index (κ2) is 11.7. The van der Waals surface area contributed by atoms with E-state index in [9.17, 15) is 5.11 Å². The zero-order chi connectivity index (χ0) is 21.3. The van der Waals surface area contributed by atoms with Gasteiger partial charge >= 0.3 is 0 Å². The van der Waals surface area contributed by atoms with Crippen LogP contribution >= 0.6 is 11.6 Å². The Morgan fingerprint density at radius 1 is 1.17 bits per heavy atom. The highest BCUT2D eigenvalue weighted by atomic mass is 35.5. The smallest absolute Gasteiger partial charge is 0.124 e. The van der Waals surface area contributed by atoms with Gasteiger partial charge in [0.25, 0.3) is 0 Å². The summed E-state index contributed by atoms with van der Waals surface area (Å²) in [5.74, 6) is 1.49. The van der Waals surface area contributed by atoms with Crippen LogP contribution in [0.1, 0.15) is 36.5 Å². The van der Waals surface area contributed by atoms with Crippen molar-refractivity contribution in [2.45, 2.75) is 39.3 Å². The Hall–Kier alpha value is -1.59. The van der Waals surface area contributed by atoms with Gasteiger partial charge in [0.05, 0.1) is 13.2 Å². The van der Waals surface area contributed by atoms with E-state index < -0.39 is 0 Å². The van der Waals surface area contributed by atoms with Gasteiger partial charge in [-0.2, -0.15) is 0 Å². The molecule has 1 heterocycles. The summed E-state index contributed by atoms with van der Waals surface area (Å²) in [7, 11) is 2.20. The summed E-state index contributed by atoms with van der Waals surface area (Å²) in [4.78, 5) is 5.02. The molecule has 0 aliphatic carbocycles. The van der Waals surface area contributed by atoms with Crippen LogP contribution in [0.25, 0.3) is 0 Å². The quantitative estimate of drug-likeness (QED) is 0.596. The highest BCUT2D eigenvalue weighted by Crippen LogP contribution is 2.23. The first-order chi connectivity index (χ1) is 14.6. The van der Waals surface area contributed by atoms with Gasteiger partial charge in [-0.15, -0.1) is 0 Å². The summed E-state index contributed by atoms with van der Waals surface area (Å²) in [5.41, 5.74) is 3.45. The van der Waals surface area contributed by atoms with Gasteiger partial charge in [0, 0.05) is 36.8 Å². The van der Waals surface area contributed by atoms with Crippen molar-refractivity contribution in [2.75, 3.05) is 39.8 Å². The monoisotopic (exact) mass is 430 g/mol. The van der Waals surface area contributed by atoms with E-state index >= 15 is 0 Å². The lowest BCUT2D eigenvalue weighted by atomic mass is 9.96. The maximum atomic E-state index is 9.63. The maximum absolute atomic E-state index is 9.63. The lowest BCUT2D eigenvalue weighted by Crippen LogP contribution is -2.40. The molecule has 164 valence electrons. The minimum Gasteiger partial charge on any atom is -0.494 e. The molecule has 5 heteroatoms. The highest BCUT2D eigenvalue weighted by Gasteiger charge is 2.21. The Kier molecular flexibility index (Phi) is 9.01. The zero-order valence-electron chi connectivity index (χ0n) is 18.3. The molecule has 3 rings (SSSR count). The van der Waals surface area contributed by atoms with Gasteiger partial charge in [-0.1, -0.05) is 29.8 Å². The summed E-state index contributed by atoms with van der Waals surface area (Å²) in [6.45, 7) is 8.06. The van der Waals surface area contributed by atoms with Gasteiger partial charge in [0.15, 0.2) is 0 Å². The number of halogens is 1. The van der Waals surface area contributed by atoms with E-state index in [0.29, 0.717) is 12.5 Å². The van der Waals surface area contributed by atoms with Crippen molar-refractivity contribution < 1.29 is 9.84 Å². The fraction of sp³-hybridized carbons (Fsp3) is 0.520. The van der Waals surface area contributed by atoms with Crippen molar-refractivity contribution in [1.82, 2.24) is 9.80 Å². The number of aliphatic hydroxyl groups is 1. The lowest BCUT2D eigenvalue weighted by molar-refractivity contribution is 0.142. The fourth-order valence-corrected chi connectivity index (χ4v) is 4.54. The van der Waals surface area contributed by atoms with E-state index in [1.165, 1.54) is 37.1 Å². The number of nitrogens with zero attached hydrogens (tertiary/aromatic N) is 2. The van der Waals surface area contributed by atoms with Gasteiger partial charge in [0.2, 0.25) is 0 Å². The van der Waals surface area contributed by atoms with Crippen molar-refractivity contribution in [3.63, 3.8) is 0 Å². The molecule has 30 heavy (non-hydrogen) atoms. The van der Waals surface area contributed by atoms with Crippen molar-refractivity contribution in [3.05, 3.63) is 64.2 Å². The van der Waals surface area contributed by atoms with E-state index in [2.05, 4.69) is 41.1 Å². The van der Waals surface area contributed by atoms with Crippen LogP contribution in [0, 0.1) is 5.92 Å². The van der Waals surface area contributed by atoms with E-state index in [0.717, 1.165) is 42.4 Å².